The Hall–Kier alpha value is -5.64. The summed E-state index contributed by atoms with van der Waals surface area (Å²) in [5.74, 6) is 0. The van der Waals surface area contributed by atoms with E-state index in [1.54, 1.807) is 0 Å². The number of allylic oxidation sites excluding steroid dienone is 1. The number of hydrogen-bond acceptors (Lipinski definition) is 3. The molecule has 0 amide bonds. The van der Waals surface area contributed by atoms with Gasteiger partial charge in [0, 0.05) is 43.4 Å². The molecule has 8 rings (SSSR count). The lowest BCUT2D eigenvalue weighted by Crippen LogP contribution is -2.23. The smallest absolute Gasteiger partial charge is 0.109 e. The van der Waals surface area contributed by atoms with E-state index in [0.29, 0.717) is 0 Å². The first-order chi connectivity index (χ1) is 24.0. The monoisotopic (exact) mass is 650 g/mol. The zero-order chi connectivity index (χ0) is 33.5. The lowest BCUT2D eigenvalue weighted by molar-refractivity contribution is 1.28. The van der Waals surface area contributed by atoms with Crippen molar-refractivity contribution in [3.63, 3.8) is 0 Å². The van der Waals surface area contributed by atoms with Crippen LogP contribution in [0.2, 0.25) is 0 Å². The molecule has 1 aromatic heterocycles. The van der Waals surface area contributed by atoms with Crippen LogP contribution in [0, 0.1) is 20.8 Å². The summed E-state index contributed by atoms with van der Waals surface area (Å²) in [6, 6.07) is 52.9. The van der Waals surface area contributed by atoms with Gasteiger partial charge in [-0.25, -0.2) is 0 Å². The average Bonchev–Trinajstić information content (AvgIpc) is 3.50. The maximum atomic E-state index is 2.45. The van der Waals surface area contributed by atoms with Crippen molar-refractivity contribution in [2.45, 2.75) is 27.7 Å². The van der Waals surface area contributed by atoms with Crippen LogP contribution in [0.25, 0.3) is 37.3 Å². The van der Waals surface area contributed by atoms with Crippen LogP contribution in [0.15, 0.2) is 158 Å². The van der Waals surface area contributed by atoms with E-state index in [9.17, 15) is 0 Å². The summed E-state index contributed by atoms with van der Waals surface area (Å²) in [4.78, 5) is 4.88. The first-order valence-electron chi connectivity index (χ1n) is 16.9. The first-order valence-corrected chi connectivity index (χ1v) is 17.7. The third-order valence-electron chi connectivity index (χ3n) is 9.33. The van der Waals surface area contributed by atoms with Gasteiger partial charge >= 0.3 is 0 Å². The number of hydrogen-bond donors (Lipinski definition) is 0. The number of para-hydroxylation sites is 2. The number of thiophene rings is 1. The van der Waals surface area contributed by atoms with Gasteiger partial charge in [0.2, 0.25) is 0 Å². The molecule has 2 nitrogen and oxygen atoms in total. The molecule has 0 aliphatic heterocycles. The Bertz CT molecular complexity index is 2540. The molecule has 3 heteroatoms. The van der Waals surface area contributed by atoms with Gasteiger partial charge in [0.15, 0.2) is 0 Å². The summed E-state index contributed by atoms with van der Waals surface area (Å²) in [5.41, 5.74) is 9.46. The van der Waals surface area contributed by atoms with E-state index >= 15 is 0 Å². The summed E-state index contributed by atoms with van der Waals surface area (Å²) >= 11 is 1.88. The second-order valence-electron chi connectivity index (χ2n) is 12.7. The van der Waals surface area contributed by atoms with E-state index < -0.39 is 0 Å². The number of anilines is 5. The van der Waals surface area contributed by atoms with Gasteiger partial charge in [-0.05, 0) is 121 Å². The van der Waals surface area contributed by atoms with Crippen molar-refractivity contribution in [1.82, 2.24) is 0 Å². The molecular formula is C46H38N2S. The molecular weight excluding hydrogens is 613 g/mol. The maximum Gasteiger partial charge on any atom is 0.109 e. The Morgan fingerprint density at radius 2 is 1.12 bits per heavy atom. The van der Waals surface area contributed by atoms with Crippen LogP contribution in [-0.2, 0) is 0 Å². The highest BCUT2D eigenvalue weighted by Gasteiger charge is 2.25. The first kappa shape index (κ1) is 30.7. The quantitative estimate of drug-likeness (QED) is 0.158. The van der Waals surface area contributed by atoms with Gasteiger partial charge in [0.05, 0.1) is 5.70 Å². The highest BCUT2D eigenvalue weighted by molar-refractivity contribution is 7.24. The number of aryl methyl sites for hydroxylation is 3. The van der Waals surface area contributed by atoms with Crippen molar-refractivity contribution >= 4 is 76.4 Å². The van der Waals surface area contributed by atoms with Gasteiger partial charge in [0.1, 0.15) is 5.00 Å². The van der Waals surface area contributed by atoms with Gasteiger partial charge < -0.3 is 9.80 Å². The lowest BCUT2D eigenvalue weighted by atomic mass is 9.92. The molecule has 0 radical (unpaired) electrons. The molecule has 0 atom stereocenters. The van der Waals surface area contributed by atoms with Crippen LogP contribution in [0.3, 0.4) is 0 Å². The molecule has 0 aliphatic rings. The fourth-order valence-corrected chi connectivity index (χ4v) is 8.57. The minimum absolute atomic E-state index is 1.13. The fourth-order valence-electron chi connectivity index (χ4n) is 7.29. The molecule has 0 saturated heterocycles. The highest BCUT2D eigenvalue weighted by Crippen LogP contribution is 2.50. The molecule has 7 aromatic carbocycles. The molecule has 238 valence electrons. The molecule has 0 saturated carbocycles. The second kappa shape index (κ2) is 12.8. The zero-order valence-corrected chi connectivity index (χ0v) is 29.1. The van der Waals surface area contributed by atoms with Crippen LogP contribution in [0.5, 0.6) is 0 Å². The highest BCUT2D eigenvalue weighted by atomic mass is 32.1. The third kappa shape index (κ3) is 5.37. The predicted octanol–water partition coefficient (Wildman–Crippen LogP) is 12.8. The maximum absolute atomic E-state index is 2.45. The summed E-state index contributed by atoms with van der Waals surface area (Å²) in [6.07, 6.45) is 4.47. The molecule has 0 unspecified atom stereocenters. The molecule has 0 spiro atoms. The lowest BCUT2D eigenvalue weighted by Gasteiger charge is -2.28. The molecule has 0 N–H and O–H groups in total. The van der Waals surface area contributed by atoms with E-state index in [0.717, 1.165) is 28.4 Å². The van der Waals surface area contributed by atoms with Gasteiger partial charge in [-0.3, -0.25) is 0 Å². The van der Waals surface area contributed by atoms with Crippen LogP contribution >= 0.6 is 11.3 Å². The Morgan fingerprint density at radius 1 is 0.531 bits per heavy atom. The second-order valence-corrected chi connectivity index (χ2v) is 13.8. The number of fused-ring (bicyclic) bond motifs is 2. The molecule has 0 aliphatic carbocycles. The minimum atomic E-state index is 1.13. The number of benzene rings is 7. The SMILES string of the molecule is C/C=C/C(=c1/c2cccc3sc(N(c4ccccc4)c4cccc(C)c4)c(c4cccc(C)c14)c32)N(c1ccccc1)c1cccc(C)c1. The molecule has 1 heterocycles. The van der Waals surface area contributed by atoms with Crippen molar-refractivity contribution in [2.75, 3.05) is 9.80 Å². The summed E-state index contributed by atoms with van der Waals surface area (Å²) < 4.78 is 1.28. The Kier molecular flexibility index (Phi) is 7.99. The predicted molar refractivity (Wildman–Crippen MR) is 214 cm³/mol. The van der Waals surface area contributed by atoms with Crippen molar-refractivity contribution in [3.05, 3.63) is 180 Å². The van der Waals surface area contributed by atoms with Crippen LogP contribution in [0.1, 0.15) is 23.6 Å². The van der Waals surface area contributed by atoms with Crippen LogP contribution < -0.4 is 15.0 Å². The topological polar surface area (TPSA) is 6.48 Å². The van der Waals surface area contributed by atoms with E-state index in [1.165, 1.54) is 58.5 Å². The van der Waals surface area contributed by atoms with Crippen molar-refractivity contribution in [2.24, 2.45) is 0 Å². The van der Waals surface area contributed by atoms with Crippen molar-refractivity contribution in [3.8, 4) is 0 Å². The number of nitrogens with zero attached hydrogens (tertiary/aromatic N) is 2. The fraction of sp³-hybridized carbons (Fsp3) is 0.0870. The van der Waals surface area contributed by atoms with Crippen LogP contribution in [0.4, 0.5) is 27.8 Å². The van der Waals surface area contributed by atoms with E-state index in [2.05, 4.69) is 195 Å². The van der Waals surface area contributed by atoms with Gasteiger partial charge in [-0.2, -0.15) is 0 Å². The van der Waals surface area contributed by atoms with Gasteiger partial charge in [0.25, 0.3) is 0 Å². The van der Waals surface area contributed by atoms with E-state index in [-0.39, 0.29) is 0 Å². The average molecular weight is 651 g/mol. The van der Waals surface area contributed by atoms with Crippen LogP contribution in [-0.4, -0.2) is 0 Å². The zero-order valence-electron chi connectivity index (χ0n) is 28.3. The van der Waals surface area contributed by atoms with Gasteiger partial charge in [-0.1, -0.05) is 97.1 Å². The van der Waals surface area contributed by atoms with Gasteiger partial charge in [-0.15, -0.1) is 11.3 Å². The summed E-state index contributed by atoms with van der Waals surface area (Å²) in [6.45, 7) is 8.72. The summed E-state index contributed by atoms with van der Waals surface area (Å²) in [5, 5.41) is 8.89. The van der Waals surface area contributed by atoms with E-state index in [4.69, 9.17) is 0 Å². The normalized spacial score (nSPS) is 12.3. The Morgan fingerprint density at radius 3 is 1.82 bits per heavy atom. The molecule has 0 fully saturated rings. The van der Waals surface area contributed by atoms with Crippen molar-refractivity contribution in [1.29, 1.82) is 0 Å². The van der Waals surface area contributed by atoms with E-state index in [1.807, 2.05) is 11.3 Å². The third-order valence-corrected chi connectivity index (χ3v) is 10.5. The van der Waals surface area contributed by atoms with Crippen molar-refractivity contribution < 1.29 is 0 Å². The Balaban J connectivity index is 1.57. The minimum Gasteiger partial charge on any atom is -0.310 e. The Labute approximate surface area is 292 Å². The molecule has 8 aromatic rings. The largest absolute Gasteiger partial charge is 0.310 e. The summed E-state index contributed by atoms with van der Waals surface area (Å²) in [7, 11) is 0. The number of rotatable bonds is 7. The standard InChI is InChI=1S/C46H38N2S/c1-5-16-40(47(34-20-8-6-9-21-34)36-24-12-17-31(2)29-36)43-39-27-15-28-41-44(39)45(38-26-14-19-33(4)42(38)43)46(49-41)48(35-22-10-7-11-23-35)37-25-13-18-32(3)30-37/h5-30H,1-4H3/b16-5+,43-40+. The molecule has 49 heavy (non-hydrogen) atoms. The molecule has 0 bridgehead atoms.